The zero-order valence-electron chi connectivity index (χ0n) is 19.9. The Hall–Kier alpha value is -3.07. The number of rotatable bonds is 8. The molecule has 4 N–H and O–H groups in total. The van der Waals surface area contributed by atoms with E-state index in [0.29, 0.717) is 23.1 Å². The third kappa shape index (κ3) is 5.07. The van der Waals surface area contributed by atoms with Gasteiger partial charge in [0.1, 0.15) is 24.2 Å². The fourth-order valence-corrected chi connectivity index (χ4v) is 4.85. The van der Waals surface area contributed by atoms with E-state index in [1.807, 2.05) is 78.6 Å². The summed E-state index contributed by atoms with van der Waals surface area (Å²) in [7, 11) is 0. The van der Waals surface area contributed by atoms with Gasteiger partial charge in [-0.3, -0.25) is 0 Å². The fraction of sp³-hybridized carbons (Fsp3) is 0.286. The van der Waals surface area contributed by atoms with Gasteiger partial charge in [-0.05, 0) is 66.9 Å². The smallest absolute Gasteiger partial charge is 0.260 e. The van der Waals surface area contributed by atoms with Crippen LogP contribution in [0.2, 0.25) is 5.02 Å². The van der Waals surface area contributed by atoms with Crippen molar-refractivity contribution in [3.63, 3.8) is 0 Å². The normalized spacial score (nSPS) is 17.5. The van der Waals surface area contributed by atoms with E-state index in [-0.39, 0.29) is 19.3 Å². The molecular formula is C28H29ClN2O5. The first-order valence-electron chi connectivity index (χ1n) is 11.9. The summed E-state index contributed by atoms with van der Waals surface area (Å²) in [5, 5.41) is 31.5. The number of aliphatic hydroxyl groups is 3. The van der Waals surface area contributed by atoms with E-state index in [2.05, 4.69) is 4.98 Å². The van der Waals surface area contributed by atoms with Crippen LogP contribution in [0.5, 0.6) is 11.5 Å². The van der Waals surface area contributed by atoms with Crippen molar-refractivity contribution in [1.82, 2.24) is 9.88 Å². The first kappa shape index (κ1) is 24.6. The molecule has 1 aliphatic rings. The van der Waals surface area contributed by atoms with Gasteiger partial charge in [0.2, 0.25) is 0 Å². The Labute approximate surface area is 214 Å². The number of aromatic amines is 1. The monoisotopic (exact) mass is 508 g/mol. The fourth-order valence-electron chi connectivity index (χ4n) is 4.67. The number of benzene rings is 3. The van der Waals surface area contributed by atoms with Gasteiger partial charge in [-0.15, -0.1) is 0 Å². The molecule has 8 heteroatoms. The molecule has 188 valence electrons. The zero-order chi connectivity index (χ0) is 25.2. The van der Waals surface area contributed by atoms with Crippen LogP contribution in [-0.2, 0) is 6.42 Å². The number of fused-ring (bicyclic) bond motifs is 3. The Morgan fingerprint density at radius 1 is 1.03 bits per heavy atom. The average molecular weight is 509 g/mol. The summed E-state index contributed by atoms with van der Waals surface area (Å²) in [6.45, 7) is 2.22. The molecular weight excluding hydrogens is 480 g/mol. The SMILES string of the molecule is Cc1ccc(OC(O)N2CCc3c([nH]c4ccc(Cl)cc34)C2c2ccc(OCC(O)CO)cc2)cc1. The van der Waals surface area contributed by atoms with Crippen molar-refractivity contribution in [1.29, 1.82) is 0 Å². The lowest BCUT2D eigenvalue weighted by Gasteiger charge is -2.38. The minimum atomic E-state index is -1.17. The van der Waals surface area contributed by atoms with Crippen molar-refractivity contribution < 1.29 is 24.8 Å². The molecule has 5 rings (SSSR count). The number of aliphatic hydroxyl groups excluding tert-OH is 3. The molecule has 0 spiro atoms. The molecule has 3 unspecified atom stereocenters. The van der Waals surface area contributed by atoms with Crippen molar-refractivity contribution >= 4 is 22.5 Å². The van der Waals surface area contributed by atoms with E-state index in [9.17, 15) is 10.2 Å². The molecule has 0 saturated heterocycles. The van der Waals surface area contributed by atoms with Crippen LogP contribution in [0.4, 0.5) is 0 Å². The van der Waals surface area contributed by atoms with Crippen LogP contribution in [0.25, 0.3) is 10.9 Å². The molecule has 36 heavy (non-hydrogen) atoms. The van der Waals surface area contributed by atoms with Crippen molar-refractivity contribution in [2.75, 3.05) is 19.8 Å². The first-order chi connectivity index (χ1) is 17.4. The van der Waals surface area contributed by atoms with Gasteiger partial charge < -0.3 is 29.8 Å². The molecule has 0 fully saturated rings. The van der Waals surface area contributed by atoms with Gasteiger partial charge in [0.15, 0.2) is 0 Å². The summed E-state index contributed by atoms with van der Waals surface area (Å²) in [5.41, 5.74) is 5.19. The molecule has 3 atom stereocenters. The number of aromatic nitrogens is 1. The standard InChI is InChI=1S/C28H29ClN2O5/c1-17-2-7-22(8-3-17)36-28(34)31-13-12-23-24-14-19(29)6-11-25(24)30-26(23)27(31)18-4-9-21(10-5-18)35-16-20(33)15-32/h2-11,14,20,27-28,30,32-34H,12-13,15-16H2,1H3. The Morgan fingerprint density at radius 2 is 1.75 bits per heavy atom. The molecule has 1 aromatic heterocycles. The predicted octanol–water partition coefficient (Wildman–Crippen LogP) is 4.16. The second-order valence-electron chi connectivity index (χ2n) is 9.07. The minimum absolute atomic E-state index is 0.00142. The Bertz CT molecular complexity index is 1320. The highest BCUT2D eigenvalue weighted by Crippen LogP contribution is 2.40. The largest absolute Gasteiger partial charge is 0.491 e. The quantitative estimate of drug-likeness (QED) is 0.267. The number of H-pyrrole nitrogens is 1. The van der Waals surface area contributed by atoms with Crippen LogP contribution in [0, 0.1) is 6.92 Å². The van der Waals surface area contributed by atoms with Gasteiger partial charge in [-0.25, -0.2) is 4.90 Å². The number of aryl methyl sites for hydroxylation is 1. The van der Waals surface area contributed by atoms with E-state index in [0.717, 1.165) is 34.1 Å². The summed E-state index contributed by atoms with van der Waals surface area (Å²) < 4.78 is 11.5. The third-order valence-electron chi connectivity index (χ3n) is 6.52. The van der Waals surface area contributed by atoms with Gasteiger partial charge in [-0.1, -0.05) is 41.4 Å². The number of halogens is 1. The number of hydrogen-bond acceptors (Lipinski definition) is 6. The van der Waals surface area contributed by atoms with Gasteiger partial charge >= 0.3 is 0 Å². The minimum Gasteiger partial charge on any atom is -0.491 e. The second-order valence-corrected chi connectivity index (χ2v) is 9.51. The number of hydrogen-bond donors (Lipinski definition) is 4. The second kappa shape index (κ2) is 10.5. The Balaban J connectivity index is 1.49. The molecule has 4 aromatic rings. The molecule has 0 amide bonds. The van der Waals surface area contributed by atoms with Gasteiger partial charge in [0.05, 0.1) is 12.6 Å². The van der Waals surface area contributed by atoms with Crippen molar-refractivity contribution in [3.8, 4) is 11.5 Å². The van der Waals surface area contributed by atoms with Crippen LogP contribution in [0.1, 0.15) is 28.4 Å². The summed E-state index contributed by atoms with van der Waals surface area (Å²) >= 11 is 6.30. The lowest BCUT2D eigenvalue weighted by molar-refractivity contribution is -0.150. The maximum atomic E-state index is 11.2. The van der Waals surface area contributed by atoms with Crippen molar-refractivity contribution in [2.24, 2.45) is 0 Å². The number of nitrogens with zero attached hydrogens (tertiary/aromatic N) is 1. The number of nitrogens with one attached hydrogen (secondary N) is 1. The molecule has 2 heterocycles. The first-order valence-corrected chi connectivity index (χ1v) is 12.3. The lowest BCUT2D eigenvalue weighted by Crippen LogP contribution is -2.46. The van der Waals surface area contributed by atoms with Crippen LogP contribution in [0.15, 0.2) is 66.7 Å². The van der Waals surface area contributed by atoms with E-state index in [1.165, 1.54) is 5.56 Å². The van der Waals surface area contributed by atoms with Gasteiger partial charge in [0, 0.05) is 28.2 Å². The van der Waals surface area contributed by atoms with Crippen LogP contribution in [-0.4, -0.2) is 57.5 Å². The maximum Gasteiger partial charge on any atom is 0.260 e. The van der Waals surface area contributed by atoms with E-state index < -0.39 is 12.5 Å². The summed E-state index contributed by atoms with van der Waals surface area (Å²) in [5.74, 6) is 1.17. The molecule has 1 aliphatic heterocycles. The summed E-state index contributed by atoms with van der Waals surface area (Å²) in [6.07, 6.45) is -1.38. The Kier molecular flexibility index (Phi) is 7.18. The predicted molar refractivity (Wildman–Crippen MR) is 138 cm³/mol. The van der Waals surface area contributed by atoms with Gasteiger partial charge in [-0.2, -0.15) is 0 Å². The Morgan fingerprint density at radius 3 is 2.47 bits per heavy atom. The topological polar surface area (TPSA) is 98.2 Å². The summed E-state index contributed by atoms with van der Waals surface area (Å²) in [6, 6.07) is 20.6. The zero-order valence-corrected chi connectivity index (χ0v) is 20.7. The molecule has 0 aliphatic carbocycles. The van der Waals surface area contributed by atoms with Crippen LogP contribution >= 0.6 is 11.6 Å². The van der Waals surface area contributed by atoms with Crippen molar-refractivity contribution in [3.05, 3.63) is 94.1 Å². The summed E-state index contributed by atoms with van der Waals surface area (Å²) in [4.78, 5) is 5.47. The van der Waals surface area contributed by atoms with E-state index in [1.54, 1.807) is 0 Å². The molecule has 0 saturated carbocycles. The van der Waals surface area contributed by atoms with E-state index in [4.69, 9.17) is 26.2 Å². The average Bonchev–Trinajstić information content (AvgIpc) is 3.26. The highest BCUT2D eigenvalue weighted by Gasteiger charge is 2.36. The van der Waals surface area contributed by atoms with Crippen LogP contribution in [0.3, 0.4) is 0 Å². The van der Waals surface area contributed by atoms with Gasteiger partial charge in [0.25, 0.3) is 6.41 Å². The number of ether oxygens (including phenoxy) is 2. The van der Waals surface area contributed by atoms with Crippen LogP contribution < -0.4 is 9.47 Å². The molecule has 3 aromatic carbocycles. The van der Waals surface area contributed by atoms with Crippen molar-refractivity contribution in [2.45, 2.75) is 31.9 Å². The van der Waals surface area contributed by atoms with E-state index >= 15 is 0 Å². The highest BCUT2D eigenvalue weighted by molar-refractivity contribution is 6.31. The molecule has 0 radical (unpaired) electrons. The highest BCUT2D eigenvalue weighted by atomic mass is 35.5. The third-order valence-corrected chi connectivity index (χ3v) is 6.76. The molecule has 0 bridgehead atoms. The maximum absolute atomic E-state index is 11.2. The lowest BCUT2D eigenvalue weighted by atomic mass is 9.92. The molecule has 7 nitrogen and oxygen atoms in total.